The lowest BCUT2D eigenvalue weighted by Gasteiger charge is -2.29. The fraction of sp³-hybridized carbons (Fsp3) is 0.405. The van der Waals surface area contributed by atoms with Gasteiger partial charge in [-0.05, 0) is 68.7 Å². The number of benzene rings is 3. The molecule has 0 saturated carbocycles. The van der Waals surface area contributed by atoms with Crippen molar-refractivity contribution < 1.29 is 52.8 Å². The number of H-pyrrole nitrogens is 1. The van der Waals surface area contributed by atoms with Crippen LogP contribution in [0.25, 0.3) is 11.0 Å². The summed E-state index contributed by atoms with van der Waals surface area (Å²) in [5, 5.41) is 17.6. The standard InChI is InChI=1S/C27H38N2O9.C15H13N3O2S/c1-6-7-8-10-19-24(38-21(31)13-15(2)3)17(5)37-27(35)22(16(4)36-26(19)34)29-25(33)18-11-9-12-20(23(18)32)28-14-30;1-20-15(19)18-14-16-12-8-7-11(9-13(12)17-14)21-10-5-3-2-4-6-10/h9,11-12,14-17,19,22,24,32H,6-8,10,13H2,1-5H3,(H,28,30)(H,29,33);2-9H,1H3,(H2,16,17,18,19). The Hall–Kier alpha value is -6.10. The third-order valence-corrected chi connectivity index (χ3v) is 10.1. The second kappa shape index (κ2) is 22.2. The van der Waals surface area contributed by atoms with Crippen molar-refractivity contribution in [3.8, 4) is 5.75 Å². The number of carbonyl (C=O) groups excluding carboxylic acids is 6. The number of aromatic amines is 1. The van der Waals surface area contributed by atoms with Crippen molar-refractivity contribution in [1.82, 2.24) is 15.3 Å². The van der Waals surface area contributed by atoms with E-state index in [1.165, 1.54) is 44.1 Å². The first-order valence-electron chi connectivity index (χ1n) is 19.3. The molecule has 3 aromatic carbocycles. The van der Waals surface area contributed by atoms with Gasteiger partial charge in [0.25, 0.3) is 5.91 Å². The van der Waals surface area contributed by atoms with Crippen molar-refractivity contribution in [2.75, 3.05) is 17.7 Å². The summed E-state index contributed by atoms with van der Waals surface area (Å²) in [5.74, 6) is -3.90. The Labute approximate surface area is 346 Å². The summed E-state index contributed by atoms with van der Waals surface area (Å²) in [6, 6.07) is 18.8. The Morgan fingerprint density at radius 1 is 0.966 bits per heavy atom. The molecule has 5 atom stereocenters. The first-order chi connectivity index (χ1) is 28.2. The highest BCUT2D eigenvalue weighted by molar-refractivity contribution is 7.99. The molecule has 0 aliphatic carbocycles. The summed E-state index contributed by atoms with van der Waals surface area (Å²) >= 11 is 1.67. The Balaban J connectivity index is 0.000000305. The maximum Gasteiger partial charge on any atom is 0.413 e. The van der Waals surface area contributed by atoms with Crippen molar-refractivity contribution >= 4 is 70.7 Å². The smallest absolute Gasteiger partial charge is 0.413 e. The minimum absolute atomic E-state index is 0.00114. The Kier molecular flexibility index (Phi) is 17.1. The van der Waals surface area contributed by atoms with Gasteiger partial charge in [0, 0.05) is 16.2 Å². The predicted molar refractivity (Wildman–Crippen MR) is 220 cm³/mol. The molecule has 59 heavy (non-hydrogen) atoms. The van der Waals surface area contributed by atoms with E-state index in [1.807, 2.05) is 57.2 Å². The number of phenols is 1. The minimum atomic E-state index is -1.42. The number of amides is 3. The molecule has 1 aliphatic rings. The lowest BCUT2D eigenvalue weighted by atomic mass is 9.92. The lowest BCUT2D eigenvalue weighted by Crippen LogP contribution is -2.50. The molecule has 316 valence electrons. The van der Waals surface area contributed by atoms with Crippen molar-refractivity contribution in [3.63, 3.8) is 0 Å². The Bertz CT molecular complexity index is 2080. The highest BCUT2D eigenvalue weighted by Crippen LogP contribution is 2.31. The van der Waals surface area contributed by atoms with Crippen molar-refractivity contribution in [3.05, 3.63) is 72.3 Å². The van der Waals surface area contributed by atoms with E-state index in [2.05, 4.69) is 42.8 Å². The summed E-state index contributed by atoms with van der Waals surface area (Å²) in [6.45, 7) is 8.70. The number of nitrogens with one attached hydrogen (secondary N) is 4. The molecule has 3 amide bonds. The van der Waals surface area contributed by atoms with Crippen LogP contribution < -0.4 is 16.0 Å². The SMILES string of the molecule is CCCCCC1C(=O)OC(C)C(NC(=O)c2cccc(NC=O)c2O)C(=O)OC(C)C1OC(=O)CC(C)C.COC(=O)Nc1nc2ccc(Sc3ccccc3)cc2[nH]1. The number of anilines is 2. The van der Waals surface area contributed by atoms with Gasteiger partial charge in [-0.1, -0.05) is 76.1 Å². The Morgan fingerprint density at radius 3 is 2.37 bits per heavy atom. The first-order valence-corrected chi connectivity index (χ1v) is 20.1. The maximum atomic E-state index is 13.3. The number of para-hydroxylation sites is 1. The van der Waals surface area contributed by atoms with Crippen LogP contribution in [0.15, 0.2) is 76.5 Å². The summed E-state index contributed by atoms with van der Waals surface area (Å²) < 4.78 is 21.4. The molecule has 0 bridgehead atoms. The number of aromatic hydroxyl groups is 1. The zero-order valence-corrected chi connectivity index (χ0v) is 34.6. The number of phenolic OH excluding ortho intramolecular Hbond substituents is 1. The number of methoxy groups -OCH3 is 1. The first kappa shape index (κ1) is 45.6. The highest BCUT2D eigenvalue weighted by atomic mass is 32.2. The minimum Gasteiger partial charge on any atom is -0.505 e. The van der Waals surface area contributed by atoms with E-state index >= 15 is 0 Å². The van der Waals surface area contributed by atoms with Gasteiger partial charge in [0.15, 0.2) is 17.9 Å². The van der Waals surface area contributed by atoms with Crippen LogP contribution >= 0.6 is 11.8 Å². The molecule has 5 rings (SSSR count). The average molecular weight is 834 g/mol. The van der Waals surface area contributed by atoms with Gasteiger partial charge >= 0.3 is 24.0 Å². The maximum absolute atomic E-state index is 13.3. The van der Waals surface area contributed by atoms with Crippen molar-refractivity contribution in [1.29, 1.82) is 0 Å². The zero-order chi connectivity index (χ0) is 43.1. The zero-order valence-electron chi connectivity index (χ0n) is 33.8. The summed E-state index contributed by atoms with van der Waals surface area (Å²) in [4.78, 5) is 83.5. The number of imidazole rings is 1. The van der Waals surface area contributed by atoms with Gasteiger partial charge in [0.2, 0.25) is 12.4 Å². The normalized spacial score (nSPS) is 19.1. The molecule has 0 radical (unpaired) electrons. The molecular weight excluding hydrogens is 783 g/mol. The number of cyclic esters (lactones) is 2. The molecular formula is C42H51N5O11S. The fourth-order valence-corrected chi connectivity index (χ4v) is 6.99. The van der Waals surface area contributed by atoms with Crippen LogP contribution in [0.3, 0.4) is 0 Å². The van der Waals surface area contributed by atoms with E-state index < -0.39 is 65.9 Å². The number of aromatic nitrogens is 2. The summed E-state index contributed by atoms with van der Waals surface area (Å²) in [5.41, 5.74) is 1.44. The molecule has 1 aromatic heterocycles. The third kappa shape index (κ3) is 13.2. The van der Waals surface area contributed by atoms with E-state index in [4.69, 9.17) is 14.2 Å². The number of rotatable bonds is 14. The van der Waals surface area contributed by atoms with Gasteiger partial charge < -0.3 is 39.7 Å². The number of esters is 3. The second-order valence-electron chi connectivity index (χ2n) is 14.1. The second-order valence-corrected chi connectivity index (χ2v) is 15.3. The topological polar surface area (TPSA) is 224 Å². The van der Waals surface area contributed by atoms with E-state index in [9.17, 15) is 33.9 Å². The van der Waals surface area contributed by atoms with Crippen LogP contribution in [0.1, 0.15) is 77.1 Å². The average Bonchev–Trinajstić information content (AvgIpc) is 3.60. The van der Waals surface area contributed by atoms with Crippen molar-refractivity contribution in [2.24, 2.45) is 11.8 Å². The van der Waals surface area contributed by atoms with Gasteiger partial charge in [0.05, 0.1) is 35.3 Å². The van der Waals surface area contributed by atoms with E-state index in [0.29, 0.717) is 25.2 Å². The van der Waals surface area contributed by atoms with Crippen LogP contribution in [0.4, 0.5) is 16.4 Å². The van der Waals surface area contributed by atoms with Crippen LogP contribution in [-0.2, 0) is 38.1 Å². The Morgan fingerprint density at radius 2 is 1.69 bits per heavy atom. The molecule has 2 heterocycles. The fourth-order valence-electron chi connectivity index (χ4n) is 6.11. The molecule has 0 spiro atoms. The van der Waals surface area contributed by atoms with E-state index in [-0.39, 0.29) is 23.6 Å². The molecule has 5 N–H and O–H groups in total. The molecule has 1 fully saturated rings. The summed E-state index contributed by atoms with van der Waals surface area (Å²) in [6.07, 6.45) is -0.484. The third-order valence-electron chi connectivity index (χ3n) is 9.07. The van der Waals surface area contributed by atoms with Gasteiger partial charge in [-0.2, -0.15) is 0 Å². The largest absolute Gasteiger partial charge is 0.505 e. The number of hydrogen-bond acceptors (Lipinski definition) is 13. The van der Waals surface area contributed by atoms with Crippen LogP contribution in [-0.4, -0.2) is 82.9 Å². The number of hydrogen-bond donors (Lipinski definition) is 5. The number of carbonyl (C=O) groups is 6. The summed E-state index contributed by atoms with van der Waals surface area (Å²) in [7, 11) is 1.31. The molecule has 16 nitrogen and oxygen atoms in total. The van der Waals surface area contributed by atoms with Crippen LogP contribution in [0.2, 0.25) is 0 Å². The molecule has 4 aromatic rings. The van der Waals surface area contributed by atoms with E-state index in [1.54, 1.807) is 11.8 Å². The van der Waals surface area contributed by atoms with Gasteiger partial charge in [-0.25, -0.2) is 14.6 Å². The van der Waals surface area contributed by atoms with Gasteiger partial charge in [-0.3, -0.25) is 24.5 Å². The number of ether oxygens (including phenoxy) is 4. The number of nitrogens with zero attached hydrogens (tertiary/aromatic N) is 1. The van der Waals surface area contributed by atoms with Gasteiger partial charge in [-0.15, -0.1) is 0 Å². The number of fused-ring (bicyclic) bond motifs is 1. The van der Waals surface area contributed by atoms with E-state index in [0.717, 1.165) is 28.8 Å². The van der Waals surface area contributed by atoms with Crippen LogP contribution in [0, 0.1) is 11.8 Å². The van der Waals surface area contributed by atoms with Gasteiger partial charge in [0.1, 0.15) is 12.2 Å². The molecule has 5 unspecified atom stereocenters. The lowest BCUT2D eigenvalue weighted by molar-refractivity contribution is -0.175. The number of unbranched alkanes of at least 4 members (excludes halogenated alkanes) is 2. The molecule has 17 heteroatoms. The van der Waals surface area contributed by atoms with Crippen molar-refractivity contribution in [2.45, 2.75) is 101 Å². The quantitative estimate of drug-likeness (QED) is 0.0285. The molecule has 1 saturated heterocycles. The highest BCUT2D eigenvalue weighted by Gasteiger charge is 2.44. The predicted octanol–water partition coefficient (Wildman–Crippen LogP) is 6.98. The van der Waals surface area contributed by atoms with Crippen LogP contribution in [0.5, 0.6) is 5.75 Å². The monoisotopic (exact) mass is 833 g/mol. The molecule has 1 aliphatic heterocycles.